The Kier molecular flexibility index (Phi) is 7.83. The number of halogens is 4. The van der Waals surface area contributed by atoms with Crippen LogP contribution in [-0.4, -0.2) is 57.5 Å². The predicted molar refractivity (Wildman–Crippen MR) is 146 cm³/mol. The predicted octanol–water partition coefficient (Wildman–Crippen LogP) is 3.88. The molecule has 0 aliphatic carbocycles. The first-order valence-electron chi connectivity index (χ1n) is 12.3. The van der Waals surface area contributed by atoms with Crippen molar-refractivity contribution in [2.24, 2.45) is 0 Å². The van der Waals surface area contributed by atoms with Crippen LogP contribution in [0, 0.1) is 0 Å². The fourth-order valence-electron chi connectivity index (χ4n) is 4.05. The molecule has 0 bridgehead atoms. The second-order valence-electron chi connectivity index (χ2n) is 9.03. The zero-order chi connectivity index (χ0) is 30.0. The number of aliphatic hydroxyl groups excluding tert-OH is 1. The molecule has 2 heterocycles. The molecular formula is C27H21ClF3N7O4. The summed E-state index contributed by atoms with van der Waals surface area (Å²) < 4.78 is 42.3. The third kappa shape index (κ3) is 6.04. The number of rotatable bonds is 8. The van der Waals surface area contributed by atoms with E-state index < -0.39 is 30.4 Å². The number of alkyl halides is 3. The summed E-state index contributed by atoms with van der Waals surface area (Å²) in [6.07, 6.45) is -6.47. The third-order valence-electron chi connectivity index (χ3n) is 6.14. The summed E-state index contributed by atoms with van der Waals surface area (Å²) in [5.41, 5.74) is 0.107. The number of phenolic OH excluding ortho intramolecular Hbond substituents is 1. The van der Waals surface area contributed by atoms with Crippen LogP contribution in [0.5, 0.6) is 5.75 Å². The highest BCUT2D eigenvalue weighted by atomic mass is 35.5. The molecule has 11 nitrogen and oxygen atoms in total. The van der Waals surface area contributed by atoms with E-state index in [0.717, 1.165) is 9.25 Å². The Balaban J connectivity index is 1.45. The molecule has 0 saturated heterocycles. The Labute approximate surface area is 240 Å². The lowest BCUT2D eigenvalue weighted by Gasteiger charge is -2.15. The van der Waals surface area contributed by atoms with E-state index in [9.17, 15) is 33.0 Å². The summed E-state index contributed by atoms with van der Waals surface area (Å²) in [6, 6.07) is 18.6. The first-order chi connectivity index (χ1) is 20.0. The van der Waals surface area contributed by atoms with Gasteiger partial charge in [-0.1, -0.05) is 35.9 Å². The number of phenols is 1. The number of aromatic hydroxyl groups is 1. The Bertz CT molecular complexity index is 1800. The molecule has 0 spiro atoms. The normalized spacial score (nSPS) is 12.3. The number of carbonyl (C=O) groups is 1. The van der Waals surface area contributed by atoms with E-state index in [2.05, 4.69) is 20.5 Å². The number of hydrogen-bond donors (Lipinski definition) is 3. The number of anilines is 1. The van der Waals surface area contributed by atoms with Gasteiger partial charge in [0.2, 0.25) is 0 Å². The number of hydrogen-bond acceptors (Lipinski definition) is 7. The average Bonchev–Trinajstić information content (AvgIpc) is 3.55. The van der Waals surface area contributed by atoms with E-state index >= 15 is 0 Å². The fraction of sp³-hybridized carbons (Fsp3) is 0.148. The molecule has 0 unspecified atom stereocenters. The monoisotopic (exact) mass is 599 g/mol. The molecule has 5 rings (SSSR count). The Morgan fingerprint density at radius 3 is 2.40 bits per heavy atom. The van der Waals surface area contributed by atoms with E-state index in [1.165, 1.54) is 47.4 Å². The maximum absolute atomic E-state index is 13.1. The van der Waals surface area contributed by atoms with Crippen molar-refractivity contribution in [1.29, 1.82) is 0 Å². The van der Waals surface area contributed by atoms with Gasteiger partial charge in [-0.15, -0.1) is 10.2 Å². The molecule has 1 amide bonds. The SMILES string of the molecule is O=C(Nc1ccccc1O)c1ccccc1-n1cnc(Cn2nc(-c3ccc(Cl)cc3)n(C[C@H](O)C(F)(F)F)c2=O)n1. The van der Waals surface area contributed by atoms with Crippen molar-refractivity contribution in [1.82, 2.24) is 29.1 Å². The molecule has 216 valence electrons. The van der Waals surface area contributed by atoms with Crippen LogP contribution in [0.1, 0.15) is 16.2 Å². The molecule has 0 aliphatic rings. The number of para-hydroxylation sites is 3. The second kappa shape index (κ2) is 11.5. The van der Waals surface area contributed by atoms with Gasteiger partial charge >= 0.3 is 11.9 Å². The van der Waals surface area contributed by atoms with Gasteiger partial charge < -0.3 is 15.5 Å². The van der Waals surface area contributed by atoms with E-state index in [1.54, 1.807) is 36.4 Å². The number of nitrogens with one attached hydrogen (secondary N) is 1. The average molecular weight is 600 g/mol. The Morgan fingerprint density at radius 2 is 1.69 bits per heavy atom. The van der Waals surface area contributed by atoms with Crippen LogP contribution in [0.15, 0.2) is 83.9 Å². The third-order valence-corrected chi connectivity index (χ3v) is 6.39. The van der Waals surface area contributed by atoms with Gasteiger partial charge in [0.15, 0.2) is 17.8 Å². The molecule has 3 aromatic carbocycles. The smallest absolute Gasteiger partial charge is 0.416 e. The molecule has 42 heavy (non-hydrogen) atoms. The standard InChI is InChI=1S/C27H21ClF3N7O4/c28-17-11-9-16(10-12-17)24-35-37(26(42)36(24)13-22(40)27(29,30)31)14-23-32-15-38(34-23)20-7-3-1-5-18(20)25(41)33-19-6-2-4-8-21(19)39/h1-12,15,22,39-40H,13-14H2,(H,33,41)/t22-/m0/s1. The zero-order valence-electron chi connectivity index (χ0n) is 21.4. The van der Waals surface area contributed by atoms with Crippen molar-refractivity contribution in [3.05, 3.63) is 106 Å². The first-order valence-corrected chi connectivity index (χ1v) is 12.7. The van der Waals surface area contributed by atoms with Crippen molar-refractivity contribution in [3.8, 4) is 22.8 Å². The van der Waals surface area contributed by atoms with Gasteiger partial charge in [-0.05, 0) is 48.5 Å². The highest BCUT2D eigenvalue weighted by Crippen LogP contribution is 2.25. The molecular weight excluding hydrogens is 579 g/mol. The molecule has 3 N–H and O–H groups in total. The topological polar surface area (TPSA) is 140 Å². The van der Waals surface area contributed by atoms with Gasteiger partial charge in [0, 0.05) is 10.6 Å². The van der Waals surface area contributed by atoms with E-state index in [1.807, 2.05) is 0 Å². The minimum atomic E-state index is -4.96. The van der Waals surface area contributed by atoms with Gasteiger partial charge in [0.1, 0.15) is 18.6 Å². The van der Waals surface area contributed by atoms with Crippen molar-refractivity contribution >= 4 is 23.2 Å². The van der Waals surface area contributed by atoms with Crippen LogP contribution >= 0.6 is 11.6 Å². The molecule has 15 heteroatoms. The number of benzene rings is 3. The van der Waals surface area contributed by atoms with Gasteiger partial charge in [0.25, 0.3) is 5.91 Å². The highest BCUT2D eigenvalue weighted by Gasteiger charge is 2.39. The second-order valence-corrected chi connectivity index (χ2v) is 9.47. The number of nitrogens with zero attached hydrogens (tertiary/aromatic N) is 6. The van der Waals surface area contributed by atoms with Crippen LogP contribution < -0.4 is 11.0 Å². The van der Waals surface area contributed by atoms with Gasteiger partial charge in [-0.2, -0.15) is 13.2 Å². The van der Waals surface area contributed by atoms with Gasteiger partial charge in [0.05, 0.1) is 23.5 Å². The van der Waals surface area contributed by atoms with Crippen molar-refractivity contribution in [2.45, 2.75) is 25.4 Å². The molecule has 1 atom stereocenters. The maximum Gasteiger partial charge on any atom is 0.416 e. The minimum absolute atomic E-state index is 0.0664. The number of aromatic nitrogens is 6. The number of amides is 1. The van der Waals surface area contributed by atoms with Crippen molar-refractivity contribution < 1.29 is 28.2 Å². The summed E-state index contributed by atoms with van der Waals surface area (Å²) in [5, 5.41) is 31.2. The van der Waals surface area contributed by atoms with Crippen molar-refractivity contribution in [2.75, 3.05) is 5.32 Å². The molecule has 0 radical (unpaired) electrons. The summed E-state index contributed by atoms with van der Waals surface area (Å²) in [6.45, 7) is -1.41. The van der Waals surface area contributed by atoms with Crippen molar-refractivity contribution in [3.63, 3.8) is 0 Å². The number of aliphatic hydroxyl groups is 1. The Morgan fingerprint density at radius 1 is 1.00 bits per heavy atom. The van der Waals surface area contributed by atoms with Crippen LogP contribution in [-0.2, 0) is 13.1 Å². The Hall–Kier alpha value is -4.95. The minimum Gasteiger partial charge on any atom is -0.506 e. The van der Waals surface area contributed by atoms with Crippen LogP contribution in [0.25, 0.3) is 17.1 Å². The van der Waals surface area contributed by atoms with Crippen LogP contribution in [0.4, 0.5) is 18.9 Å². The quantitative estimate of drug-likeness (QED) is 0.230. The fourth-order valence-corrected chi connectivity index (χ4v) is 4.18. The highest BCUT2D eigenvalue weighted by molar-refractivity contribution is 6.30. The zero-order valence-corrected chi connectivity index (χ0v) is 22.2. The summed E-state index contributed by atoms with van der Waals surface area (Å²) >= 11 is 5.92. The lowest BCUT2D eigenvalue weighted by atomic mass is 10.1. The molecule has 2 aromatic heterocycles. The van der Waals surface area contributed by atoms with Crippen LogP contribution in [0.3, 0.4) is 0 Å². The maximum atomic E-state index is 13.1. The van der Waals surface area contributed by atoms with Gasteiger partial charge in [-0.25, -0.2) is 19.1 Å². The lowest BCUT2D eigenvalue weighted by Crippen LogP contribution is -2.37. The van der Waals surface area contributed by atoms with Crippen LogP contribution in [0.2, 0.25) is 5.02 Å². The lowest BCUT2D eigenvalue weighted by molar-refractivity contribution is -0.207. The molecule has 0 fully saturated rings. The molecule has 0 aliphatic heterocycles. The summed E-state index contributed by atoms with van der Waals surface area (Å²) in [5.74, 6) is -0.700. The van der Waals surface area contributed by atoms with E-state index in [4.69, 9.17) is 11.6 Å². The number of carbonyl (C=O) groups excluding carboxylic acids is 1. The first kappa shape index (κ1) is 28.6. The summed E-state index contributed by atoms with van der Waals surface area (Å²) in [7, 11) is 0. The van der Waals surface area contributed by atoms with Gasteiger partial charge in [-0.3, -0.25) is 9.36 Å². The van der Waals surface area contributed by atoms with E-state index in [-0.39, 0.29) is 35.2 Å². The molecule has 0 saturated carbocycles. The van der Waals surface area contributed by atoms with E-state index in [0.29, 0.717) is 16.3 Å². The largest absolute Gasteiger partial charge is 0.506 e. The summed E-state index contributed by atoms with van der Waals surface area (Å²) in [4.78, 5) is 30.3. The molecule has 5 aromatic rings.